The maximum Gasteiger partial charge on any atom is 0.164 e. The van der Waals surface area contributed by atoms with E-state index in [1.54, 1.807) is 19.2 Å². The zero-order valence-corrected chi connectivity index (χ0v) is 14.9. The Morgan fingerprint density at radius 1 is 1.04 bits per heavy atom. The Morgan fingerprint density at radius 2 is 1.81 bits per heavy atom. The van der Waals surface area contributed by atoms with E-state index in [1.807, 2.05) is 18.2 Å². The first-order chi connectivity index (χ1) is 12.6. The first-order valence-corrected chi connectivity index (χ1v) is 8.59. The number of hydrogen-bond acceptors (Lipinski definition) is 6. The minimum Gasteiger partial charge on any atom is -0.504 e. The van der Waals surface area contributed by atoms with Crippen molar-refractivity contribution < 1.29 is 29.5 Å². The van der Waals surface area contributed by atoms with Crippen LogP contribution in [0.2, 0.25) is 0 Å². The van der Waals surface area contributed by atoms with E-state index in [1.165, 1.54) is 7.11 Å². The Labute approximate surface area is 152 Å². The molecule has 0 amide bonds. The molecule has 2 unspecified atom stereocenters. The van der Waals surface area contributed by atoms with E-state index in [0.29, 0.717) is 17.9 Å². The van der Waals surface area contributed by atoms with Crippen LogP contribution in [0.5, 0.6) is 23.0 Å². The van der Waals surface area contributed by atoms with Gasteiger partial charge in [0.25, 0.3) is 0 Å². The predicted molar refractivity (Wildman–Crippen MR) is 96.3 cm³/mol. The number of fused-ring (bicyclic) bond motifs is 1. The molecule has 1 aliphatic heterocycles. The fourth-order valence-corrected chi connectivity index (χ4v) is 3.41. The SMILES string of the molecule is COc1cc2c(cc1O)C(CO)C(c1ccc(CCCO)c(OC)c1)O2. The molecule has 3 rings (SSSR count). The molecule has 6 nitrogen and oxygen atoms in total. The van der Waals surface area contributed by atoms with Crippen LogP contribution in [0.1, 0.15) is 35.1 Å². The molecule has 26 heavy (non-hydrogen) atoms. The molecule has 140 valence electrons. The zero-order valence-electron chi connectivity index (χ0n) is 14.9. The zero-order chi connectivity index (χ0) is 18.7. The highest BCUT2D eigenvalue weighted by Gasteiger charge is 2.36. The van der Waals surface area contributed by atoms with Gasteiger partial charge in [0.05, 0.1) is 26.7 Å². The van der Waals surface area contributed by atoms with Gasteiger partial charge in [0.2, 0.25) is 0 Å². The maximum atomic E-state index is 10.0. The molecule has 3 N–H and O–H groups in total. The first kappa shape index (κ1) is 18.4. The lowest BCUT2D eigenvalue weighted by molar-refractivity contribution is 0.159. The van der Waals surface area contributed by atoms with Crippen LogP contribution in [-0.4, -0.2) is 42.8 Å². The van der Waals surface area contributed by atoms with Gasteiger partial charge in [0.15, 0.2) is 11.5 Å². The van der Waals surface area contributed by atoms with Crippen molar-refractivity contribution in [3.05, 3.63) is 47.0 Å². The molecular formula is C20H24O6. The Hall–Kier alpha value is -2.44. The van der Waals surface area contributed by atoms with Gasteiger partial charge < -0.3 is 29.5 Å². The molecule has 1 aliphatic rings. The van der Waals surface area contributed by atoms with E-state index in [0.717, 1.165) is 28.9 Å². The fraction of sp³-hybridized carbons (Fsp3) is 0.400. The topological polar surface area (TPSA) is 88.4 Å². The summed E-state index contributed by atoms with van der Waals surface area (Å²) in [7, 11) is 3.09. The third kappa shape index (κ3) is 3.30. The molecule has 2 aromatic rings. The molecule has 6 heteroatoms. The Morgan fingerprint density at radius 3 is 2.46 bits per heavy atom. The molecule has 0 spiro atoms. The largest absolute Gasteiger partial charge is 0.504 e. The van der Waals surface area contributed by atoms with Gasteiger partial charge in [0.1, 0.15) is 17.6 Å². The van der Waals surface area contributed by atoms with E-state index in [4.69, 9.17) is 19.3 Å². The number of hydrogen-bond donors (Lipinski definition) is 3. The molecule has 0 saturated carbocycles. The standard InChI is InChI=1S/C20H24O6/c1-24-17-8-13(6-5-12(17)4-3-7-21)20-15(11-22)14-9-16(23)19(25-2)10-18(14)26-20/h5-6,8-10,15,20-23H,3-4,7,11H2,1-2H3. The Bertz CT molecular complexity index is 773. The number of phenols is 1. The van der Waals surface area contributed by atoms with Gasteiger partial charge in [-0.2, -0.15) is 0 Å². The van der Waals surface area contributed by atoms with Gasteiger partial charge in [-0.15, -0.1) is 0 Å². The Balaban J connectivity index is 1.94. The molecule has 0 radical (unpaired) electrons. The molecule has 2 atom stereocenters. The van der Waals surface area contributed by atoms with Crippen molar-refractivity contribution in [2.45, 2.75) is 24.9 Å². The van der Waals surface area contributed by atoms with Crippen LogP contribution in [0.15, 0.2) is 30.3 Å². The van der Waals surface area contributed by atoms with Gasteiger partial charge >= 0.3 is 0 Å². The van der Waals surface area contributed by atoms with Gasteiger partial charge in [-0.3, -0.25) is 0 Å². The van der Waals surface area contributed by atoms with E-state index < -0.39 is 0 Å². The van der Waals surface area contributed by atoms with Crippen molar-refractivity contribution in [2.75, 3.05) is 27.4 Å². The van der Waals surface area contributed by atoms with Crippen LogP contribution in [0.25, 0.3) is 0 Å². The number of methoxy groups -OCH3 is 2. The van der Waals surface area contributed by atoms with E-state index in [9.17, 15) is 10.2 Å². The number of rotatable bonds is 7. The maximum absolute atomic E-state index is 10.0. The predicted octanol–water partition coefficient (Wildman–Crippen LogP) is 2.54. The van der Waals surface area contributed by atoms with Crippen LogP contribution in [-0.2, 0) is 6.42 Å². The highest BCUT2D eigenvalue weighted by molar-refractivity contribution is 5.54. The highest BCUT2D eigenvalue weighted by atomic mass is 16.5. The number of ether oxygens (including phenoxy) is 3. The molecular weight excluding hydrogens is 336 g/mol. The van der Waals surface area contributed by atoms with Crippen molar-refractivity contribution in [1.82, 2.24) is 0 Å². The number of aliphatic hydroxyl groups is 2. The summed E-state index contributed by atoms with van der Waals surface area (Å²) in [6.45, 7) is 0.0158. The number of phenolic OH excluding ortho intramolecular Hbond substituents is 1. The second kappa shape index (κ2) is 7.85. The summed E-state index contributed by atoms with van der Waals surface area (Å²) in [6, 6.07) is 9.04. The molecule has 1 heterocycles. The van der Waals surface area contributed by atoms with Gasteiger partial charge in [0, 0.05) is 18.2 Å². The van der Waals surface area contributed by atoms with Gasteiger partial charge in [-0.05, 0) is 36.1 Å². The summed E-state index contributed by atoms with van der Waals surface area (Å²) >= 11 is 0. The van der Waals surface area contributed by atoms with E-state index >= 15 is 0 Å². The summed E-state index contributed by atoms with van der Waals surface area (Å²) in [4.78, 5) is 0. The highest BCUT2D eigenvalue weighted by Crippen LogP contribution is 2.49. The summed E-state index contributed by atoms with van der Waals surface area (Å²) in [5.74, 6) is 1.37. The molecule has 0 bridgehead atoms. The minimum absolute atomic E-state index is 0.0193. The number of aromatic hydroxyl groups is 1. The normalized spacial score (nSPS) is 18.3. The average molecular weight is 360 g/mol. The van der Waals surface area contributed by atoms with Crippen LogP contribution in [0, 0.1) is 0 Å². The van der Waals surface area contributed by atoms with Crippen molar-refractivity contribution >= 4 is 0 Å². The van der Waals surface area contributed by atoms with Crippen molar-refractivity contribution in [3.8, 4) is 23.0 Å². The van der Waals surface area contributed by atoms with Crippen molar-refractivity contribution in [1.29, 1.82) is 0 Å². The molecule has 0 aromatic heterocycles. The van der Waals surface area contributed by atoms with Crippen LogP contribution in [0.4, 0.5) is 0 Å². The third-order valence-corrected chi connectivity index (χ3v) is 4.77. The lowest BCUT2D eigenvalue weighted by atomic mass is 9.90. The van der Waals surface area contributed by atoms with Crippen molar-refractivity contribution in [2.24, 2.45) is 0 Å². The summed E-state index contributed by atoms with van der Waals surface area (Å²) in [5.41, 5.74) is 2.64. The molecule has 0 fully saturated rings. The fourth-order valence-electron chi connectivity index (χ4n) is 3.41. The average Bonchev–Trinajstić information content (AvgIpc) is 3.02. The number of benzene rings is 2. The summed E-state index contributed by atoms with van der Waals surface area (Å²) < 4.78 is 16.7. The Kier molecular flexibility index (Phi) is 5.54. The molecule has 0 aliphatic carbocycles. The lowest BCUT2D eigenvalue weighted by Gasteiger charge is -2.19. The lowest BCUT2D eigenvalue weighted by Crippen LogP contribution is -2.13. The number of aliphatic hydroxyl groups excluding tert-OH is 2. The minimum atomic E-state index is -0.387. The summed E-state index contributed by atoms with van der Waals surface area (Å²) in [6.07, 6.45) is 1.00. The smallest absolute Gasteiger partial charge is 0.164 e. The monoisotopic (exact) mass is 360 g/mol. The second-order valence-corrected chi connectivity index (χ2v) is 6.29. The van der Waals surface area contributed by atoms with Crippen molar-refractivity contribution in [3.63, 3.8) is 0 Å². The third-order valence-electron chi connectivity index (χ3n) is 4.77. The summed E-state index contributed by atoms with van der Waals surface area (Å²) in [5, 5.41) is 29.0. The number of aryl methyl sites for hydroxylation is 1. The van der Waals surface area contributed by atoms with Crippen LogP contribution < -0.4 is 14.2 Å². The van der Waals surface area contributed by atoms with E-state index in [2.05, 4.69) is 0 Å². The van der Waals surface area contributed by atoms with Crippen LogP contribution in [0.3, 0.4) is 0 Å². The molecule has 2 aromatic carbocycles. The van der Waals surface area contributed by atoms with E-state index in [-0.39, 0.29) is 31.0 Å². The second-order valence-electron chi connectivity index (χ2n) is 6.29. The van der Waals surface area contributed by atoms with Crippen LogP contribution >= 0.6 is 0 Å². The van der Waals surface area contributed by atoms with Gasteiger partial charge in [-0.25, -0.2) is 0 Å². The molecule has 0 saturated heterocycles. The quantitative estimate of drug-likeness (QED) is 0.703. The van der Waals surface area contributed by atoms with Gasteiger partial charge in [-0.1, -0.05) is 12.1 Å². The first-order valence-electron chi connectivity index (χ1n) is 8.59.